The van der Waals surface area contributed by atoms with Crippen LogP contribution >= 0.6 is 0 Å². The molecule has 1 atom stereocenters. The van der Waals surface area contributed by atoms with E-state index in [9.17, 15) is 0 Å². The molecular weight excluding hydrogens is 300 g/mol. The fourth-order valence-corrected chi connectivity index (χ4v) is 3.15. The lowest BCUT2D eigenvalue weighted by molar-refractivity contribution is 0.498. The first-order valence-corrected chi connectivity index (χ1v) is 8.30. The molecule has 4 rings (SSSR count). The summed E-state index contributed by atoms with van der Waals surface area (Å²) >= 11 is 0. The maximum Gasteiger partial charge on any atom is 0.133 e. The van der Waals surface area contributed by atoms with Crippen molar-refractivity contribution in [2.24, 2.45) is 0 Å². The number of rotatable bonds is 4. The van der Waals surface area contributed by atoms with Crippen LogP contribution in [0.15, 0.2) is 59.5 Å². The molecule has 3 aromatic rings. The zero-order valence-corrected chi connectivity index (χ0v) is 13.4. The molecule has 1 aliphatic heterocycles. The highest BCUT2D eigenvalue weighted by Crippen LogP contribution is 2.28. The van der Waals surface area contributed by atoms with Crippen molar-refractivity contribution in [1.82, 2.24) is 15.3 Å². The van der Waals surface area contributed by atoms with Crippen LogP contribution in [0.4, 0.5) is 5.82 Å². The van der Waals surface area contributed by atoms with Gasteiger partial charge in [0.1, 0.15) is 23.9 Å². The zero-order valence-electron chi connectivity index (χ0n) is 13.4. The molecule has 0 amide bonds. The fraction of sp³-hybridized carbons (Fsp3) is 0.263. The molecule has 0 spiro atoms. The van der Waals surface area contributed by atoms with Gasteiger partial charge in [0.2, 0.25) is 0 Å². The smallest absolute Gasteiger partial charge is 0.133 e. The molecule has 0 radical (unpaired) electrons. The quantitative estimate of drug-likeness (QED) is 0.774. The molecule has 0 unspecified atom stereocenters. The van der Waals surface area contributed by atoms with Crippen LogP contribution in [0.2, 0.25) is 0 Å². The van der Waals surface area contributed by atoms with Gasteiger partial charge in [0.15, 0.2) is 0 Å². The van der Waals surface area contributed by atoms with E-state index in [0.29, 0.717) is 0 Å². The molecule has 2 aromatic heterocycles. The topological polar surface area (TPSA) is 63.0 Å². The average molecular weight is 320 g/mol. The normalized spacial score (nSPS) is 15.3. The molecule has 0 bridgehead atoms. The molecule has 5 heteroatoms. The van der Waals surface area contributed by atoms with Gasteiger partial charge in [0.25, 0.3) is 0 Å². The summed E-state index contributed by atoms with van der Waals surface area (Å²) < 4.78 is 5.67. The number of anilines is 1. The van der Waals surface area contributed by atoms with Crippen LogP contribution in [0.25, 0.3) is 0 Å². The van der Waals surface area contributed by atoms with E-state index < -0.39 is 0 Å². The van der Waals surface area contributed by atoms with Crippen molar-refractivity contribution >= 4 is 5.82 Å². The van der Waals surface area contributed by atoms with Crippen molar-refractivity contribution in [2.75, 3.05) is 18.4 Å². The van der Waals surface area contributed by atoms with E-state index in [4.69, 9.17) is 4.42 Å². The summed E-state index contributed by atoms with van der Waals surface area (Å²) in [4.78, 5) is 8.99. The standard InChI is InChI=1S/C19H20N4O/c1-2-5-14(6-3-1)18(17-7-4-12-24-17)23-19-15-8-10-20-11-9-16(15)21-13-22-19/h1-7,12-13,18,20H,8-11H2,(H,21,22,23)/t18-/m0/s1. The summed E-state index contributed by atoms with van der Waals surface area (Å²) in [5.41, 5.74) is 3.48. The third-order valence-electron chi connectivity index (χ3n) is 4.37. The van der Waals surface area contributed by atoms with Crippen LogP contribution in [0, 0.1) is 0 Å². The van der Waals surface area contributed by atoms with Gasteiger partial charge < -0.3 is 15.1 Å². The molecule has 5 nitrogen and oxygen atoms in total. The van der Waals surface area contributed by atoms with E-state index in [1.54, 1.807) is 12.6 Å². The Morgan fingerprint density at radius 1 is 1.00 bits per heavy atom. The average Bonchev–Trinajstić information content (AvgIpc) is 3.05. The number of furan rings is 1. The minimum atomic E-state index is -0.0728. The minimum absolute atomic E-state index is 0.0728. The van der Waals surface area contributed by atoms with E-state index in [-0.39, 0.29) is 6.04 Å². The third kappa shape index (κ3) is 3.03. The Morgan fingerprint density at radius 3 is 2.71 bits per heavy atom. The molecule has 2 N–H and O–H groups in total. The largest absolute Gasteiger partial charge is 0.467 e. The highest BCUT2D eigenvalue weighted by molar-refractivity contribution is 5.50. The van der Waals surface area contributed by atoms with E-state index in [2.05, 4.69) is 32.7 Å². The second-order valence-electron chi connectivity index (χ2n) is 5.90. The molecule has 122 valence electrons. The van der Waals surface area contributed by atoms with Crippen molar-refractivity contribution in [3.05, 3.63) is 77.6 Å². The van der Waals surface area contributed by atoms with Crippen LogP contribution in [0.3, 0.4) is 0 Å². The van der Waals surface area contributed by atoms with Gasteiger partial charge in [0.05, 0.1) is 12.0 Å². The summed E-state index contributed by atoms with van der Waals surface area (Å²) in [6.07, 6.45) is 5.22. The predicted octanol–water partition coefficient (Wildman–Crippen LogP) is 2.96. The van der Waals surface area contributed by atoms with Crippen LogP contribution in [0.5, 0.6) is 0 Å². The first kappa shape index (κ1) is 14.9. The lowest BCUT2D eigenvalue weighted by Gasteiger charge is -2.20. The highest BCUT2D eigenvalue weighted by atomic mass is 16.3. The van der Waals surface area contributed by atoms with Crippen molar-refractivity contribution in [1.29, 1.82) is 0 Å². The summed E-state index contributed by atoms with van der Waals surface area (Å²) in [6.45, 7) is 1.91. The number of aromatic nitrogens is 2. The van der Waals surface area contributed by atoms with Crippen LogP contribution in [0.1, 0.15) is 28.6 Å². The number of fused-ring (bicyclic) bond motifs is 1. The lowest BCUT2D eigenvalue weighted by Crippen LogP contribution is -2.17. The van der Waals surface area contributed by atoms with Crippen LogP contribution in [-0.2, 0) is 12.8 Å². The Kier molecular flexibility index (Phi) is 4.25. The monoisotopic (exact) mass is 320 g/mol. The van der Waals surface area contributed by atoms with E-state index in [1.807, 2.05) is 30.3 Å². The Hall–Kier alpha value is -2.66. The fourth-order valence-electron chi connectivity index (χ4n) is 3.15. The Bertz CT molecular complexity index is 786. The Labute approximate surface area is 141 Å². The zero-order chi connectivity index (χ0) is 16.2. The van der Waals surface area contributed by atoms with Gasteiger partial charge in [-0.15, -0.1) is 0 Å². The number of nitrogens with one attached hydrogen (secondary N) is 2. The molecule has 0 saturated heterocycles. The second-order valence-corrected chi connectivity index (χ2v) is 5.90. The summed E-state index contributed by atoms with van der Waals surface area (Å²) in [6, 6.07) is 14.1. The van der Waals surface area contributed by atoms with E-state index >= 15 is 0 Å². The summed E-state index contributed by atoms with van der Waals surface area (Å²) in [5.74, 6) is 1.77. The highest BCUT2D eigenvalue weighted by Gasteiger charge is 2.21. The predicted molar refractivity (Wildman–Crippen MR) is 92.9 cm³/mol. The summed E-state index contributed by atoms with van der Waals surface area (Å²) in [5, 5.41) is 7.00. The van der Waals surface area contributed by atoms with Crippen molar-refractivity contribution < 1.29 is 4.42 Å². The van der Waals surface area contributed by atoms with Crippen molar-refractivity contribution in [3.63, 3.8) is 0 Å². The molecule has 1 aliphatic rings. The molecule has 0 aliphatic carbocycles. The van der Waals surface area contributed by atoms with Gasteiger partial charge in [-0.2, -0.15) is 0 Å². The lowest BCUT2D eigenvalue weighted by atomic mass is 10.0. The van der Waals surface area contributed by atoms with Gasteiger partial charge in [-0.25, -0.2) is 9.97 Å². The van der Waals surface area contributed by atoms with Gasteiger partial charge in [0, 0.05) is 18.5 Å². The van der Waals surface area contributed by atoms with Gasteiger partial charge in [-0.3, -0.25) is 0 Å². The maximum absolute atomic E-state index is 5.67. The second kappa shape index (κ2) is 6.84. The number of benzene rings is 1. The first-order chi connectivity index (χ1) is 11.9. The van der Waals surface area contributed by atoms with Crippen molar-refractivity contribution in [2.45, 2.75) is 18.9 Å². The molecule has 1 aromatic carbocycles. The van der Waals surface area contributed by atoms with E-state index in [1.165, 1.54) is 5.56 Å². The number of nitrogens with zero attached hydrogens (tertiary/aromatic N) is 2. The van der Waals surface area contributed by atoms with Crippen LogP contribution < -0.4 is 10.6 Å². The maximum atomic E-state index is 5.67. The minimum Gasteiger partial charge on any atom is -0.467 e. The molecule has 24 heavy (non-hydrogen) atoms. The molecule has 3 heterocycles. The van der Waals surface area contributed by atoms with Crippen LogP contribution in [-0.4, -0.2) is 23.1 Å². The number of hydrogen-bond acceptors (Lipinski definition) is 5. The molecular formula is C19H20N4O. The molecule has 0 saturated carbocycles. The van der Waals surface area contributed by atoms with Gasteiger partial charge in [-0.05, 0) is 30.7 Å². The van der Waals surface area contributed by atoms with Gasteiger partial charge in [-0.1, -0.05) is 30.3 Å². The first-order valence-electron chi connectivity index (χ1n) is 8.30. The number of hydrogen-bond donors (Lipinski definition) is 2. The van der Waals surface area contributed by atoms with E-state index in [0.717, 1.165) is 48.8 Å². The Morgan fingerprint density at radius 2 is 1.88 bits per heavy atom. The molecule has 0 fully saturated rings. The Balaban J connectivity index is 1.71. The SMILES string of the molecule is c1ccc([C@H](Nc2ncnc3c2CCNCC3)c2ccco2)cc1. The third-order valence-corrected chi connectivity index (χ3v) is 4.37. The van der Waals surface area contributed by atoms with Gasteiger partial charge >= 0.3 is 0 Å². The summed E-state index contributed by atoms with van der Waals surface area (Å²) in [7, 11) is 0. The van der Waals surface area contributed by atoms with Crippen molar-refractivity contribution in [3.8, 4) is 0 Å².